The van der Waals surface area contributed by atoms with Crippen molar-refractivity contribution < 1.29 is 24.5 Å². The maximum atomic E-state index is 10.7. The maximum Gasteiger partial charge on any atom is 0.358 e. The number of carboxylic acids is 1. The Labute approximate surface area is 122 Å². The lowest BCUT2D eigenvalue weighted by Gasteiger charge is -2.39. The van der Waals surface area contributed by atoms with Gasteiger partial charge in [0.25, 0.3) is 0 Å². The molecule has 1 saturated heterocycles. The van der Waals surface area contributed by atoms with Crippen LogP contribution < -0.4 is 0 Å². The Hall–Kier alpha value is -1.55. The zero-order valence-electron chi connectivity index (χ0n) is 11.9. The molecule has 1 aliphatic rings. The van der Waals surface area contributed by atoms with Crippen LogP contribution in [0, 0.1) is 0 Å². The van der Waals surface area contributed by atoms with Crippen molar-refractivity contribution in [2.45, 2.75) is 12.1 Å². The number of carboxylic acid groups (broad SMARTS) is 1. The molecule has 2 N–H and O–H groups in total. The molecule has 1 unspecified atom stereocenters. The summed E-state index contributed by atoms with van der Waals surface area (Å²) in [4.78, 5) is 12.8. The molecule has 9 nitrogen and oxygen atoms in total. The molecule has 1 atom stereocenters. The van der Waals surface area contributed by atoms with Crippen LogP contribution in [0.25, 0.3) is 0 Å². The van der Waals surface area contributed by atoms with Crippen molar-refractivity contribution in [3.63, 3.8) is 0 Å². The molecule has 0 aromatic carbocycles. The normalized spacial score (nSPS) is 17.6. The number of aromatic carboxylic acids is 1. The molecule has 0 spiro atoms. The zero-order chi connectivity index (χ0) is 15.2. The molecule has 1 fully saturated rings. The van der Waals surface area contributed by atoms with Gasteiger partial charge in [-0.2, -0.15) is 0 Å². The molecule has 0 saturated carbocycles. The van der Waals surface area contributed by atoms with Gasteiger partial charge >= 0.3 is 5.97 Å². The highest BCUT2D eigenvalue weighted by Crippen LogP contribution is 2.20. The topological polar surface area (TPSA) is 110 Å². The van der Waals surface area contributed by atoms with Crippen LogP contribution in [0.15, 0.2) is 6.20 Å². The second-order valence-electron chi connectivity index (χ2n) is 4.98. The summed E-state index contributed by atoms with van der Waals surface area (Å²) in [5.41, 5.74) is -0.0555. The summed E-state index contributed by atoms with van der Waals surface area (Å²) >= 11 is 0. The fraction of sp³-hybridized carbons (Fsp3) is 0.750. The van der Waals surface area contributed by atoms with Crippen LogP contribution in [-0.4, -0.2) is 88.7 Å². The van der Waals surface area contributed by atoms with Gasteiger partial charge < -0.3 is 19.7 Å². The number of aliphatic hydroxyl groups excluding tert-OH is 1. The van der Waals surface area contributed by atoms with Gasteiger partial charge in [-0.1, -0.05) is 5.21 Å². The van der Waals surface area contributed by atoms with Crippen LogP contribution in [-0.2, 0) is 9.47 Å². The number of β-amino-alcohol motifs (C(OH)–C–C–N with tert-alkyl or cyclic N) is 1. The van der Waals surface area contributed by atoms with Gasteiger partial charge in [-0.25, -0.2) is 9.48 Å². The zero-order valence-corrected chi connectivity index (χ0v) is 11.9. The fourth-order valence-corrected chi connectivity index (χ4v) is 2.12. The van der Waals surface area contributed by atoms with Crippen molar-refractivity contribution in [2.24, 2.45) is 0 Å². The van der Waals surface area contributed by atoms with E-state index in [9.17, 15) is 9.90 Å². The van der Waals surface area contributed by atoms with E-state index in [1.54, 1.807) is 11.8 Å². The SMILES string of the molecule is COCCOCC(O)CN1CC(n2cc(C(=O)O)nn2)C1. The molecule has 0 radical (unpaired) electrons. The predicted molar refractivity (Wildman–Crippen MR) is 71.2 cm³/mol. The molecule has 1 aromatic rings. The smallest absolute Gasteiger partial charge is 0.358 e. The summed E-state index contributed by atoms with van der Waals surface area (Å²) in [7, 11) is 1.60. The molecule has 9 heteroatoms. The van der Waals surface area contributed by atoms with Crippen LogP contribution in [0.2, 0.25) is 0 Å². The molecule has 2 heterocycles. The summed E-state index contributed by atoms with van der Waals surface area (Å²) in [5.74, 6) is -1.08. The molecular weight excluding hydrogens is 280 g/mol. The monoisotopic (exact) mass is 300 g/mol. The number of nitrogens with zero attached hydrogens (tertiary/aromatic N) is 4. The van der Waals surface area contributed by atoms with Crippen molar-refractivity contribution in [1.82, 2.24) is 19.9 Å². The lowest BCUT2D eigenvalue weighted by Crippen LogP contribution is -2.51. The van der Waals surface area contributed by atoms with E-state index in [-0.39, 0.29) is 18.3 Å². The Morgan fingerprint density at radius 3 is 2.90 bits per heavy atom. The second kappa shape index (κ2) is 7.46. The Kier molecular flexibility index (Phi) is 5.62. The number of hydrogen-bond donors (Lipinski definition) is 2. The fourth-order valence-electron chi connectivity index (χ4n) is 2.12. The number of rotatable bonds is 9. The van der Waals surface area contributed by atoms with Gasteiger partial charge in [-0.3, -0.25) is 4.90 Å². The van der Waals surface area contributed by atoms with Gasteiger partial charge in [0.05, 0.1) is 38.2 Å². The molecule has 0 amide bonds. The van der Waals surface area contributed by atoms with Crippen LogP contribution >= 0.6 is 0 Å². The molecule has 1 aromatic heterocycles. The highest BCUT2D eigenvalue weighted by atomic mass is 16.5. The van der Waals surface area contributed by atoms with E-state index in [2.05, 4.69) is 15.2 Å². The minimum Gasteiger partial charge on any atom is -0.476 e. The van der Waals surface area contributed by atoms with Crippen molar-refractivity contribution >= 4 is 5.97 Å². The predicted octanol–water partition coefficient (Wildman–Crippen LogP) is -1.14. The standard InChI is InChI=1S/C12H20N4O5/c1-20-2-3-21-8-10(17)6-15-4-9(5-15)16-7-11(12(18)19)13-14-16/h7,9-10,17H,2-6,8H2,1H3,(H,18,19). The third-order valence-corrected chi connectivity index (χ3v) is 3.25. The van der Waals surface area contributed by atoms with E-state index >= 15 is 0 Å². The highest BCUT2D eigenvalue weighted by Gasteiger charge is 2.30. The largest absolute Gasteiger partial charge is 0.476 e. The minimum atomic E-state index is -1.08. The quantitative estimate of drug-likeness (QED) is 0.551. The molecule has 2 rings (SSSR count). The number of methoxy groups -OCH3 is 1. The van der Waals surface area contributed by atoms with Crippen molar-refractivity contribution in [3.05, 3.63) is 11.9 Å². The number of hydrogen-bond acceptors (Lipinski definition) is 7. The molecule has 21 heavy (non-hydrogen) atoms. The lowest BCUT2D eigenvalue weighted by molar-refractivity contribution is -0.0192. The van der Waals surface area contributed by atoms with Crippen molar-refractivity contribution in [3.8, 4) is 0 Å². The van der Waals surface area contributed by atoms with E-state index in [0.717, 1.165) is 0 Å². The third-order valence-electron chi connectivity index (χ3n) is 3.25. The first-order valence-corrected chi connectivity index (χ1v) is 6.72. The second-order valence-corrected chi connectivity index (χ2v) is 4.98. The molecule has 118 valence electrons. The number of ether oxygens (including phenoxy) is 2. The number of carbonyl (C=O) groups is 1. The first kappa shape index (κ1) is 15.8. The van der Waals surface area contributed by atoms with E-state index in [1.807, 2.05) is 0 Å². The summed E-state index contributed by atoms with van der Waals surface area (Å²) in [6.07, 6.45) is 0.877. The Balaban J connectivity index is 1.65. The minimum absolute atomic E-state index is 0.0555. The molecule has 0 aliphatic carbocycles. The number of aliphatic hydroxyl groups is 1. The van der Waals surface area contributed by atoms with E-state index in [0.29, 0.717) is 32.8 Å². The van der Waals surface area contributed by atoms with Gasteiger partial charge in [0.2, 0.25) is 0 Å². The van der Waals surface area contributed by atoms with Gasteiger partial charge in [-0.05, 0) is 0 Å². The van der Waals surface area contributed by atoms with E-state index in [1.165, 1.54) is 6.20 Å². The summed E-state index contributed by atoms with van der Waals surface area (Å²) in [6.45, 7) is 3.18. The van der Waals surface area contributed by atoms with Crippen LogP contribution in [0.5, 0.6) is 0 Å². The maximum absolute atomic E-state index is 10.7. The first-order valence-electron chi connectivity index (χ1n) is 6.72. The third kappa shape index (κ3) is 4.46. The highest BCUT2D eigenvalue weighted by molar-refractivity contribution is 5.84. The molecular formula is C12H20N4O5. The summed E-state index contributed by atoms with van der Waals surface area (Å²) in [5, 5.41) is 26.0. The van der Waals surface area contributed by atoms with Crippen LogP contribution in [0.1, 0.15) is 16.5 Å². The first-order chi connectivity index (χ1) is 10.1. The number of aromatic nitrogens is 3. The van der Waals surface area contributed by atoms with Gasteiger partial charge in [-0.15, -0.1) is 5.10 Å². The van der Waals surface area contributed by atoms with E-state index in [4.69, 9.17) is 14.6 Å². The average molecular weight is 300 g/mol. The molecule has 1 aliphatic heterocycles. The van der Waals surface area contributed by atoms with E-state index < -0.39 is 12.1 Å². The Morgan fingerprint density at radius 2 is 2.29 bits per heavy atom. The summed E-state index contributed by atoms with van der Waals surface area (Å²) in [6, 6.07) is 0.104. The lowest BCUT2D eigenvalue weighted by atomic mass is 10.1. The van der Waals surface area contributed by atoms with Gasteiger partial charge in [0, 0.05) is 26.7 Å². The van der Waals surface area contributed by atoms with Crippen LogP contribution in [0.4, 0.5) is 0 Å². The van der Waals surface area contributed by atoms with Crippen molar-refractivity contribution in [1.29, 1.82) is 0 Å². The van der Waals surface area contributed by atoms with Crippen LogP contribution in [0.3, 0.4) is 0 Å². The molecule has 0 bridgehead atoms. The summed E-state index contributed by atoms with van der Waals surface area (Å²) < 4.78 is 11.7. The van der Waals surface area contributed by atoms with Crippen molar-refractivity contribution in [2.75, 3.05) is 46.6 Å². The van der Waals surface area contributed by atoms with Gasteiger partial charge in [0.15, 0.2) is 5.69 Å². The average Bonchev–Trinajstić information content (AvgIpc) is 2.88. The Bertz CT molecular complexity index is 460. The van der Waals surface area contributed by atoms with Gasteiger partial charge in [0.1, 0.15) is 0 Å². The Morgan fingerprint density at radius 1 is 1.52 bits per heavy atom. The number of likely N-dealkylation sites (tertiary alicyclic amines) is 1.